The van der Waals surface area contributed by atoms with Crippen molar-refractivity contribution in [2.45, 2.75) is 45.8 Å². The molecule has 1 saturated carbocycles. The number of amides is 1. The summed E-state index contributed by atoms with van der Waals surface area (Å²) in [7, 11) is 0. The highest BCUT2D eigenvalue weighted by Gasteiger charge is 2.59. The molecule has 0 radical (unpaired) electrons. The van der Waals surface area contributed by atoms with Crippen molar-refractivity contribution in [3.63, 3.8) is 0 Å². The number of carbonyl (C=O) groups excluding carboxylic acids is 1. The Labute approximate surface area is 125 Å². The molecule has 5 heteroatoms. The van der Waals surface area contributed by atoms with Gasteiger partial charge in [0.1, 0.15) is 0 Å². The first kappa shape index (κ1) is 15.9. The highest BCUT2D eigenvalue weighted by atomic mass is 16.5. The molecule has 5 nitrogen and oxygen atoms in total. The topological polar surface area (TPSA) is 71.5 Å². The number of nitrogens with zero attached hydrogens (tertiary/aromatic N) is 1. The highest BCUT2D eigenvalue weighted by molar-refractivity contribution is 5.93. The number of rotatable bonds is 5. The molecule has 21 heavy (non-hydrogen) atoms. The summed E-state index contributed by atoms with van der Waals surface area (Å²) in [6.45, 7) is 8.60. The van der Waals surface area contributed by atoms with Gasteiger partial charge in [-0.15, -0.1) is 0 Å². The molecule has 0 aliphatic heterocycles. The molecule has 2 N–H and O–H groups in total. The number of hydrogen-bond donors (Lipinski definition) is 2. The van der Waals surface area contributed by atoms with E-state index in [0.29, 0.717) is 18.6 Å². The highest BCUT2D eigenvalue weighted by Crippen LogP contribution is 2.50. The number of ether oxygens (including phenoxy) is 1. The number of aliphatic hydroxyl groups is 1. The SMILES string of the molecule is CCO[C@@H]1C[C@](O)(CNC(=O)c2ccc(C)nc2)C1(C)C. The van der Waals surface area contributed by atoms with Gasteiger partial charge in [0, 0.05) is 36.9 Å². The first-order chi connectivity index (χ1) is 9.80. The van der Waals surface area contributed by atoms with Crippen LogP contribution in [0.4, 0.5) is 0 Å². The Morgan fingerprint density at radius 3 is 2.76 bits per heavy atom. The molecule has 0 spiro atoms. The average molecular weight is 292 g/mol. The maximum atomic E-state index is 12.1. The van der Waals surface area contributed by atoms with Crippen LogP contribution in [0, 0.1) is 12.3 Å². The van der Waals surface area contributed by atoms with Crippen LogP contribution in [-0.2, 0) is 4.74 Å². The van der Waals surface area contributed by atoms with Gasteiger partial charge in [-0.1, -0.05) is 13.8 Å². The second-order valence-electron chi connectivity index (χ2n) is 6.27. The van der Waals surface area contributed by atoms with Crippen molar-refractivity contribution >= 4 is 5.91 Å². The Balaban J connectivity index is 1.94. The van der Waals surface area contributed by atoms with Crippen molar-refractivity contribution in [1.82, 2.24) is 10.3 Å². The third-order valence-electron chi connectivity index (χ3n) is 4.61. The predicted octanol–water partition coefficient (Wildman–Crippen LogP) is 1.69. The molecule has 2 rings (SSSR count). The van der Waals surface area contributed by atoms with E-state index < -0.39 is 5.60 Å². The summed E-state index contributed by atoms with van der Waals surface area (Å²) < 4.78 is 5.61. The lowest BCUT2D eigenvalue weighted by atomic mass is 9.56. The van der Waals surface area contributed by atoms with Gasteiger partial charge >= 0.3 is 0 Å². The van der Waals surface area contributed by atoms with Crippen LogP contribution in [0.3, 0.4) is 0 Å². The minimum Gasteiger partial charge on any atom is -0.387 e. The Morgan fingerprint density at radius 1 is 1.52 bits per heavy atom. The van der Waals surface area contributed by atoms with Crippen molar-refractivity contribution in [1.29, 1.82) is 0 Å². The van der Waals surface area contributed by atoms with Gasteiger partial charge in [0.05, 0.1) is 17.3 Å². The number of hydrogen-bond acceptors (Lipinski definition) is 4. The van der Waals surface area contributed by atoms with Gasteiger partial charge in [-0.2, -0.15) is 0 Å². The van der Waals surface area contributed by atoms with Gasteiger partial charge in [0.25, 0.3) is 5.91 Å². The Hall–Kier alpha value is -1.46. The monoisotopic (exact) mass is 292 g/mol. The van der Waals surface area contributed by atoms with E-state index in [9.17, 15) is 9.90 Å². The summed E-state index contributed by atoms with van der Waals surface area (Å²) in [6.07, 6.45) is 2.12. The molecule has 0 aromatic carbocycles. The zero-order valence-corrected chi connectivity index (χ0v) is 13.1. The second-order valence-corrected chi connectivity index (χ2v) is 6.27. The maximum Gasteiger partial charge on any atom is 0.252 e. The lowest BCUT2D eigenvalue weighted by molar-refractivity contribution is -0.237. The van der Waals surface area contributed by atoms with Crippen molar-refractivity contribution in [2.24, 2.45) is 5.41 Å². The smallest absolute Gasteiger partial charge is 0.252 e. The number of pyridine rings is 1. The first-order valence-electron chi connectivity index (χ1n) is 7.35. The van der Waals surface area contributed by atoms with E-state index in [2.05, 4.69) is 10.3 Å². The van der Waals surface area contributed by atoms with E-state index in [0.717, 1.165) is 5.69 Å². The van der Waals surface area contributed by atoms with Crippen molar-refractivity contribution in [3.05, 3.63) is 29.6 Å². The molecule has 1 aromatic rings. The average Bonchev–Trinajstić information content (AvgIpc) is 2.45. The Kier molecular flexibility index (Phi) is 4.35. The van der Waals surface area contributed by atoms with Crippen LogP contribution in [-0.4, -0.2) is 40.9 Å². The Bertz CT molecular complexity index is 513. The summed E-state index contributed by atoms with van der Waals surface area (Å²) in [5.74, 6) is -0.216. The summed E-state index contributed by atoms with van der Waals surface area (Å²) in [5.41, 5.74) is 0.0650. The number of carbonyl (C=O) groups is 1. The third kappa shape index (κ3) is 2.94. The minimum atomic E-state index is -0.930. The normalized spacial score (nSPS) is 27.0. The molecule has 2 atom stereocenters. The van der Waals surface area contributed by atoms with Crippen molar-refractivity contribution in [2.75, 3.05) is 13.2 Å². The zero-order chi connectivity index (χ0) is 15.7. The van der Waals surface area contributed by atoms with Crippen molar-refractivity contribution < 1.29 is 14.6 Å². The third-order valence-corrected chi connectivity index (χ3v) is 4.61. The fourth-order valence-electron chi connectivity index (χ4n) is 2.69. The molecule has 1 amide bonds. The van der Waals surface area contributed by atoms with Crippen LogP contribution in [0.15, 0.2) is 18.3 Å². The summed E-state index contributed by atoms with van der Waals surface area (Å²) in [4.78, 5) is 16.2. The van der Waals surface area contributed by atoms with Crippen LogP contribution < -0.4 is 5.32 Å². The lowest BCUT2D eigenvalue weighted by Crippen LogP contribution is -2.68. The second kappa shape index (κ2) is 5.73. The fraction of sp³-hybridized carbons (Fsp3) is 0.625. The van der Waals surface area contributed by atoms with Crippen LogP contribution >= 0.6 is 0 Å². The first-order valence-corrected chi connectivity index (χ1v) is 7.35. The van der Waals surface area contributed by atoms with Crippen LogP contribution in [0.5, 0.6) is 0 Å². The van der Waals surface area contributed by atoms with E-state index in [1.165, 1.54) is 0 Å². The van der Waals surface area contributed by atoms with Crippen LogP contribution in [0.1, 0.15) is 43.2 Å². The van der Waals surface area contributed by atoms with Gasteiger partial charge < -0.3 is 15.2 Å². The summed E-state index contributed by atoms with van der Waals surface area (Å²) in [5, 5.41) is 13.5. The molecule has 0 unspecified atom stereocenters. The van der Waals surface area contributed by atoms with Gasteiger partial charge in [0.2, 0.25) is 0 Å². The summed E-state index contributed by atoms with van der Waals surface area (Å²) >= 11 is 0. The molecule has 1 aliphatic carbocycles. The molecule has 1 heterocycles. The Morgan fingerprint density at radius 2 is 2.24 bits per heavy atom. The van der Waals surface area contributed by atoms with Gasteiger partial charge in [-0.05, 0) is 26.0 Å². The standard InChI is InChI=1S/C16H24N2O3/c1-5-21-13-8-16(20,15(13,3)4)10-18-14(19)12-7-6-11(2)17-9-12/h6-7,9,13,20H,5,8,10H2,1-4H3,(H,18,19)/t13-,16+/m1/s1. The minimum absolute atomic E-state index is 0.0328. The molecule has 1 aliphatic rings. The van der Waals surface area contributed by atoms with Crippen LogP contribution in [0.25, 0.3) is 0 Å². The number of aryl methyl sites for hydroxylation is 1. The summed E-state index contributed by atoms with van der Waals surface area (Å²) in [6, 6.07) is 3.53. The molecular weight excluding hydrogens is 268 g/mol. The van der Waals surface area contributed by atoms with E-state index in [-0.39, 0.29) is 24.0 Å². The molecule has 116 valence electrons. The van der Waals surface area contributed by atoms with E-state index >= 15 is 0 Å². The lowest BCUT2D eigenvalue weighted by Gasteiger charge is -2.57. The van der Waals surface area contributed by atoms with Gasteiger partial charge in [-0.25, -0.2) is 0 Å². The van der Waals surface area contributed by atoms with E-state index in [4.69, 9.17) is 4.74 Å². The number of aromatic nitrogens is 1. The van der Waals surface area contributed by atoms with Crippen LogP contribution in [0.2, 0.25) is 0 Å². The molecular formula is C16H24N2O3. The molecule has 1 fully saturated rings. The quantitative estimate of drug-likeness (QED) is 0.866. The number of nitrogens with one attached hydrogen (secondary N) is 1. The fourth-order valence-corrected chi connectivity index (χ4v) is 2.69. The zero-order valence-electron chi connectivity index (χ0n) is 13.1. The van der Waals surface area contributed by atoms with Gasteiger partial charge in [0.15, 0.2) is 0 Å². The van der Waals surface area contributed by atoms with E-state index in [1.54, 1.807) is 18.3 Å². The largest absolute Gasteiger partial charge is 0.387 e. The molecule has 0 bridgehead atoms. The molecule has 1 aromatic heterocycles. The van der Waals surface area contributed by atoms with Crippen molar-refractivity contribution in [3.8, 4) is 0 Å². The van der Waals surface area contributed by atoms with E-state index in [1.807, 2.05) is 27.7 Å². The van der Waals surface area contributed by atoms with Gasteiger partial charge in [-0.3, -0.25) is 9.78 Å². The predicted molar refractivity (Wildman–Crippen MR) is 80.1 cm³/mol. The molecule has 0 saturated heterocycles. The maximum absolute atomic E-state index is 12.1.